The summed E-state index contributed by atoms with van der Waals surface area (Å²) in [7, 11) is 1.61. The monoisotopic (exact) mass is 300 g/mol. The Labute approximate surface area is 127 Å². The minimum atomic E-state index is 0.264. The molecule has 0 unspecified atom stereocenters. The summed E-state index contributed by atoms with van der Waals surface area (Å²) in [6.45, 7) is 0.840. The van der Waals surface area contributed by atoms with Crippen LogP contribution in [-0.4, -0.2) is 35.1 Å². The quantitative estimate of drug-likeness (QED) is 0.554. The number of nitrogen functional groups attached to an aromatic ring is 1. The highest BCUT2D eigenvalue weighted by molar-refractivity contribution is 5.53. The highest BCUT2D eigenvalue weighted by Gasteiger charge is 2.16. The van der Waals surface area contributed by atoms with E-state index in [2.05, 4.69) is 10.1 Å². The first-order valence-corrected chi connectivity index (χ1v) is 6.76. The molecule has 2 aromatic heterocycles. The number of nitrogens with two attached hydrogens (primary N) is 1. The molecule has 0 spiro atoms. The molecule has 22 heavy (non-hydrogen) atoms. The molecule has 0 saturated carbocycles. The van der Waals surface area contributed by atoms with Crippen molar-refractivity contribution < 1.29 is 13.9 Å². The van der Waals surface area contributed by atoms with Gasteiger partial charge in [0.2, 0.25) is 5.82 Å². The van der Waals surface area contributed by atoms with Gasteiger partial charge in [-0.3, -0.25) is 0 Å². The molecule has 0 saturated heterocycles. The fourth-order valence-electron chi connectivity index (χ4n) is 1.93. The van der Waals surface area contributed by atoms with Crippen molar-refractivity contribution >= 4 is 5.69 Å². The van der Waals surface area contributed by atoms with Crippen molar-refractivity contribution in [3.63, 3.8) is 0 Å². The van der Waals surface area contributed by atoms with Crippen molar-refractivity contribution in [1.29, 1.82) is 0 Å². The second-order valence-corrected chi connectivity index (χ2v) is 4.54. The fraction of sp³-hybridized carbons (Fsp3) is 0.200. The van der Waals surface area contributed by atoms with Crippen LogP contribution in [0.2, 0.25) is 0 Å². The molecule has 0 atom stereocenters. The molecule has 0 aliphatic carbocycles. The van der Waals surface area contributed by atoms with Gasteiger partial charge < -0.3 is 19.6 Å². The van der Waals surface area contributed by atoms with Crippen molar-refractivity contribution in [3.8, 4) is 23.3 Å². The largest absolute Gasteiger partial charge is 0.461 e. The maximum Gasteiger partial charge on any atom is 0.336 e. The topological polar surface area (TPSA) is 88.3 Å². The van der Waals surface area contributed by atoms with Crippen LogP contribution in [0, 0.1) is 0 Å². The summed E-state index contributed by atoms with van der Waals surface area (Å²) in [5.41, 5.74) is 7.22. The predicted molar refractivity (Wildman–Crippen MR) is 80.8 cm³/mol. The molecular formula is C15H16N4O3. The normalized spacial score (nSPS) is 10.8. The first-order valence-electron chi connectivity index (χ1n) is 6.76. The van der Waals surface area contributed by atoms with Crippen molar-refractivity contribution in [2.75, 3.05) is 26.1 Å². The van der Waals surface area contributed by atoms with Crippen LogP contribution in [0.4, 0.5) is 5.69 Å². The summed E-state index contributed by atoms with van der Waals surface area (Å²) in [5, 5.41) is 4.36. The van der Waals surface area contributed by atoms with Gasteiger partial charge in [-0.15, -0.1) is 5.10 Å². The Kier molecular flexibility index (Phi) is 4.06. The maximum atomic E-state index is 5.72. The highest BCUT2D eigenvalue weighted by atomic mass is 16.5. The SMILES string of the molecule is COCCOc1nc(-c2ccco2)n(-c2ccc(N)cc2)n1. The minimum absolute atomic E-state index is 0.264. The van der Waals surface area contributed by atoms with E-state index in [0.717, 1.165) is 5.69 Å². The number of methoxy groups -OCH3 is 1. The van der Waals surface area contributed by atoms with Crippen LogP contribution in [0.5, 0.6) is 6.01 Å². The van der Waals surface area contributed by atoms with E-state index >= 15 is 0 Å². The van der Waals surface area contributed by atoms with Crippen LogP contribution in [0.15, 0.2) is 47.1 Å². The number of aromatic nitrogens is 3. The van der Waals surface area contributed by atoms with Crippen LogP contribution in [0.25, 0.3) is 17.3 Å². The second-order valence-electron chi connectivity index (χ2n) is 4.54. The van der Waals surface area contributed by atoms with Gasteiger partial charge in [0.25, 0.3) is 0 Å². The summed E-state index contributed by atoms with van der Waals surface area (Å²) >= 11 is 0. The molecule has 7 heteroatoms. The van der Waals surface area contributed by atoms with E-state index in [1.54, 1.807) is 36.3 Å². The van der Waals surface area contributed by atoms with Gasteiger partial charge in [-0.25, -0.2) is 4.68 Å². The molecule has 0 aliphatic rings. The number of nitrogens with zero attached hydrogens (tertiary/aromatic N) is 3. The summed E-state index contributed by atoms with van der Waals surface area (Å²) < 4.78 is 17.5. The number of rotatable bonds is 6. The lowest BCUT2D eigenvalue weighted by Crippen LogP contribution is -2.05. The van der Waals surface area contributed by atoms with Crippen LogP contribution in [0.3, 0.4) is 0 Å². The zero-order chi connectivity index (χ0) is 15.4. The number of hydrogen-bond donors (Lipinski definition) is 1. The zero-order valence-corrected chi connectivity index (χ0v) is 12.1. The number of benzene rings is 1. The Bertz CT molecular complexity index is 720. The number of furan rings is 1. The summed E-state index contributed by atoms with van der Waals surface area (Å²) in [5.74, 6) is 1.16. The van der Waals surface area contributed by atoms with Crippen LogP contribution in [-0.2, 0) is 4.74 Å². The average Bonchev–Trinajstić information content (AvgIpc) is 3.17. The maximum absolute atomic E-state index is 5.72. The third-order valence-corrected chi connectivity index (χ3v) is 2.99. The lowest BCUT2D eigenvalue weighted by molar-refractivity contribution is 0.141. The van der Waals surface area contributed by atoms with E-state index in [0.29, 0.717) is 30.5 Å². The van der Waals surface area contributed by atoms with Crippen molar-refractivity contribution in [1.82, 2.24) is 14.8 Å². The smallest absolute Gasteiger partial charge is 0.336 e. The Morgan fingerprint density at radius 2 is 2.00 bits per heavy atom. The number of hydrogen-bond acceptors (Lipinski definition) is 6. The van der Waals surface area contributed by atoms with Gasteiger partial charge in [0.15, 0.2) is 5.76 Å². The van der Waals surface area contributed by atoms with Gasteiger partial charge in [-0.1, -0.05) is 0 Å². The Balaban J connectivity index is 1.97. The Morgan fingerprint density at radius 1 is 1.18 bits per heavy atom. The van der Waals surface area contributed by atoms with E-state index in [4.69, 9.17) is 19.6 Å². The van der Waals surface area contributed by atoms with Gasteiger partial charge in [0.05, 0.1) is 18.6 Å². The molecule has 1 aromatic carbocycles. The third kappa shape index (κ3) is 2.94. The molecule has 3 rings (SSSR count). The zero-order valence-electron chi connectivity index (χ0n) is 12.1. The molecule has 0 aliphatic heterocycles. The summed E-state index contributed by atoms with van der Waals surface area (Å²) in [6.07, 6.45) is 1.59. The standard InChI is InChI=1S/C15H16N4O3/c1-20-9-10-22-15-17-14(13-3-2-8-21-13)19(18-15)12-6-4-11(16)5-7-12/h2-8H,9-10,16H2,1H3. The van der Waals surface area contributed by atoms with Crippen LogP contribution < -0.4 is 10.5 Å². The predicted octanol–water partition coefficient (Wildman–Crippen LogP) is 2.13. The van der Waals surface area contributed by atoms with Gasteiger partial charge in [-0.2, -0.15) is 4.98 Å². The second kappa shape index (κ2) is 6.31. The molecule has 0 bridgehead atoms. The number of ether oxygens (including phenoxy) is 2. The van der Waals surface area contributed by atoms with E-state index in [9.17, 15) is 0 Å². The number of anilines is 1. The van der Waals surface area contributed by atoms with Gasteiger partial charge in [0.1, 0.15) is 6.61 Å². The first-order chi connectivity index (χ1) is 10.8. The van der Waals surface area contributed by atoms with E-state index < -0.39 is 0 Å². The summed E-state index contributed by atoms with van der Waals surface area (Å²) in [6, 6.07) is 11.2. The Morgan fingerprint density at radius 3 is 2.68 bits per heavy atom. The van der Waals surface area contributed by atoms with Crippen LogP contribution in [0.1, 0.15) is 0 Å². The highest BCUT2D eigenvalue weighted by Crippen LogP contribution is 2.24. The molecule has 2 N–H and O–H groups in total. The van der Waals surface area contributed by atoms with Gasteiger partial charge in [-0.05, 0) is 36.4 Å². The van der Waals surface area contributed by atoms with Crippen LogP contribution >= 0.6 is 0 Å². The molecule has 7 nitrogen and oxygen atoms in total. The molecular weight excluding hydrogens is 284 g/mol. The molecule has 114 valence electrons. The lowest BCUT2D eigenvalue weighted by atomic mass is 10.3. The first kappa shape index (κ1) is 14.2. The van der Waals surface area contributed by atoms with Crippen molar-refractivity contribution in [3.05, 3.63) is 42.7 Å². The minimum Gasteiger partial charge on any atom is -0.461 e. The van der Waals surface area contributed by atoms with Crippen molar-refractivity contribution in [2.45, 2.75) is 0 Å². The fourth-order valence-corrected chi connectivity index (χ4v) is 1.93. The third-order valence-electron chi connectivity index (χ3n) is 2.99. The Hall–Kier alpha value is -2.80. The molecule has 0 radical (unpaired) electrons. The van der Waals surface area contributed by atoms with E-state index in [1.165, 1.54) is 0 Å². The summed E-state index contributed by atoms with van der Waals surface area (Å²) in [4.78, 5) is 4.37. The van der Waals surface area contributed by atoms with E-state index in [-0.39, 0.29) is 6.01 Å². The molecule has 3 aromatic rings. The van der Waals surface area contributed by atoms with Gasteiger partial charge >= 0.3 is 6.01 Å². The van der Waals surface area contributed by atoms with Crippen molar-refractivity contribution in [2.24, 2.45) is 0 Å². The molecule has 2 heterocycles. The average molecular weight is 300 g/mol. The van der Waals surface area contributed by atoms with E-state index in [1.807, 2.05) is 18.2 Å². The van der Waals surface area contributed by atoms with Gasteiger partial charge in [0, 0.05) is 12.8 Å². The molecule has 0 fully saturated rings. The molecule has 0 amide bonds. The lowest BCUT2D eigenvalue weighted by Gasteiger charge is -2.04.